The molecule has 3 nitrogen and oxygen atoms in total. The maximum absolute atomic E-state index is 11.0. The second-order valence-corrected chi connectivity index (χ2v) is 4.89. The first-order chi connectivity index (χ1) is 9.11. The molecule has 0 radical (unpaired) electrons. The van der Waals surface area contributed by atoms with Gasteiger partial charge in [-0.15, -0.1) is 0 Å². The number of carboxylic acid groups (broad SMARTS) is 1. The molecule has 0 fully saturated rings. The van der Waals surface area contributed by atoms with Gasteiger partial charge < -0.3 is 10.2 Å². The largest absolute Gasteiger partial charge is 0.478 e. The second kappa shape index (κ2) is 12.0. The molecule has 0 aliphatic rings. The molecule has 0 aliphatic carbocycles. The Hall–Kier alpha value is -1.09. The van der Waals surface area contributed by atoms with Crippen LogP contribution in [0.15, 0.2) is 23.8 Å². The van der Waals surface area contributed by atoms with Crippen LogP contribution >= 0.6 is 0 Å². The Balaban J connectivity index is 4.18. The molecule has 0 spiro atoms. The predicted octanol–water partition coefficient (Wildman–Crippen LogP) is 4.08. The average molecular weight is 268 g/mol. The van der Waals surface area contributed by atoms with Gasteiger partial charge in [-0.1, -0.05) is 64.2 Å². The molecule has 0 rings (SSSR count). The zero-order valence-corrected chi connectivity index (χ0v) is 12.3. The topological polar surface area (TPSA) is 57.5 Å². The molecule has 1 atom stereocenters. The van der Waals surface area contributed by atoms with Crippen molar-refractivity contribution in [1.82, 2.24) is 0 Å². The average Bonchev–Trinajstić information content (AvgIpc) is 2.37. The van der Waals surface area contributed by atoms with Crippen LogP contribution in [0.2, 0.25) is 0 Å². The van der Waals surface area contributed by atoms with E-state index in [9.17, 15) is 9.90 Å². The minimum atomic E-state index is -0.923. The van der Waals surface area contributed by atoms with Crippen molar-refractivity contribution in [2.24, 2.45) is 0 Å². The van der Waals surface area contributed by atoms with Gasteiger partial charge in [-0.05, 0) is 19.3 Å². The first-order valence-electron chi connectivity index (χ1n) is 7.39. The Bertz CT molecular complexity index is 292. The smallest absolute Gasteiger partial charge is 0.335 e. The lowest BCUT2D eigenvalue weighted by molar-refractivity contribution is -0.132. The van der Waals surface area contributed by atoms with Gasteiger partial charge in [-0.3, -0.25) is 0 Å². The molecule has 2 N–H and O–H groups in total. The lowest BCUT2D eigenvalue weighted by Crippen LogP contribution is -2.06. The van der Waals surface area contributed by atoms with E-state index in [0.29, 0.717) is 6.42 Å². The van der Waals surface area contributed by atoms with Crippen LogP contribution in [0.5, 0.6) is 0 Å². The third-order valence-corrected chi connectivity index (χ3v) is 3.02. The van der Waals surface area contributed by atoms with Crippen molar-refractivity contribution in [2.45, 2.75) is 71.3 Å². The molecule has 0 unspecified atom stereocenters. The van der Waals surface area contributed by atoms with Crippen molar-refractivity contribution >= 4 is 5.97 Å². The Morgan fingerprint density at radius 1 is 1.16 bits per heavy atom. The lowest BCUT2D eigenvalue weighted by atomic mass is 10.1. The predicted molar refractivity (Wildman–Crippen MR) is 79.1 cm³/mol. The molecule has 110 valence electrons. The van der Waals surface area contributed by atoms with Crippen molar-refractivity contribution in [3.63, 3.8) is 0 Å². The summed E-state index contributed by atoms with van der Waals surface area (Å²) in [5.41, 5.74) is 0.283. The van der Waals surface area contributed by atoms with E-state index in [1.165, 1.54) is 0 Å². The lowest BCUT2D eigenvalue weighted by Gasteiger charge is -2.07. The maximum atomic E-state index is 11.0. The SMILES string of the molecule is CCCC/C=C/C(=C\C[C@@H](O)CCCCC)C(=O)O. The van der Waals surface area contributed by atoms with Crippen LogP contribution < -0.4 is 0 Å². The number of carbonyl (C=O) groups is 1. The van der Waals surface area contributed by atoms with E-state index in [1.54, 1.807) is 12.2 Å². The quantitative estimate of drug-likeness (QED) is 0.337. The van der Waals surface area contributed by atoms with E-state index in [2.05, 4.69) is 13.8 Å². The molecule has 0 heterocycles. The van der Waals surface area contributed by atoms with Gasteiger partial charge in [0.05, 0.1) is 11.7 Å². The summed E-state index contributed by atoms with van der Waals surface area (Å²) in [6.07, 6.45) is 12.2. The first-order valence-corrected chi connectivity index (χ1v) is 7.39. The summed E-state index contributed by atoms with van der Waals surface area (Å²) >= 11 is 0. The molecule has 0 aromatic heterocycles. The number of aliphatic hydroxyl groups is 1. The van der Waals surface area contributed by atoms with E-state index >= 15 is 0 Å². The summed E-state index contributed by atoms with van der Waals surface area (Å²) in [7, 11) is 0. The Morgan fingerprint density at radius 3 is 2.42 bits per heavy atom. The summed E-state index contributed by atoms with van der Waals surface area (Å²) in [6.45, 7) is 4.23. The number of aliphatic hydroxyl groups excluding tert-OH is 1. The van der Waals surface area contributed by atoms with E-state index < -0.39 is 12.1 Å². The molecule has 0 aromatic carbocycles. The van der Waals surface area contributed by atoms with Gasteiger partial charge >= 0.3 is 5.97 Å². The Kier molecular flexibility index (Phi) is 11.3. The Labute approximate surface area is 117 Å². The molecule has 0 saturated carbocycles. The number of unbranched alkanes of at least 4 members (excludes halogenated alkanes) is 4. The highest BCUT2D eigenvalue weighted by atomic mass is 16.4. The third-order valence-electron chi connectivity index (χ3n) is 3.02. The number of rotatable bonds is 11. The fraction of sp³-hybridized carbons (Fsp3) is 0.688. The van der Waals surface area contributed by atoms with Crippen LogP contribution in [0.4, 0.5) is 0 Å². The van der Waals surface area contributed by atoms with Crippen LogP contribution in [0.3, 0.4) is 0 Å². The molecule has 0 amide bonds. The minimum absolute atomic E-state index is 0.283. The van der Waals surface area contributed by atoms with Crippen molar-refractivity contribution in [3.05, 3.63) is 23.8 Å². The Morgan fingerprint density at radius 2 is 1.84 bits per heavy atom. The van der Waals surface area contributed by atoms with Crippen molar-refractivity contribution in [3.8, 4) is 0 Å². The van der Waals surface area contributed by atoms with E-state index in [0.717, 1.165) is 44.9 Å². The summed E-state index contributed by atoms with van der Waals surface area (Å²) in [6, 6.07) is 0. The first kappa shape index (κ1) is 17.9. The van der Waals surface area contributed by atoms with Gasteiger partial charge in [-0.25, -0.2) is 4.79 Å². The van der Waals surface area contributed by atoms with Crippen molar-refractivity contribution in [2.75, 3.05) is 0 Å². The number of carboxylic acids is 1. The maximum Gasteiger partial charge on any atom is 0.335 e. The van der Waals surface area contributed by atoms with Crippen LogP contribution in [0.25, 0.3) is 0 Å². The molecule has 3 heteroatoms. The van der Waals surface area contributed by atoms with Gasteiger partial charge in [0, 0.05) is 0 Å². The summed E-state index contributed by atoms with van der Waals surface area (Å²) < 4.78 is 0. The van der Waals surface area contributed by atoms with E-state index in [1.807, 2.05) is 6.08 Å². The number of allylic oxidation sites excluding steroid dienone is 1. The minimum Gasteiger partial charge on any atom is -0.478 e. The monoisotopic (exact) mass is 268 g/mol. The zero-order chi connectivity index (χ0) is 14.5. The van der Waals surface area contributed by atoms with Gasteiger partial charge in [0.15, 0.2) is 0 Å². The number of hydrogen-bond acceptors (Lipinski definition) is 2. The number of hydrogen-bond donors (Lipinski definition) is 2. The van der Waals surface area contributed by atoms with E-state index in [4.69, 9.17) is 5.11 Å². The van der Waals surface area contributed by atoms with Crippen LogP contribution in [-0.2, 0) is 4.79 Å². The number of aliphatic carboxylic acids is 1. The van der Waals surface area contributed by atoms with Crippen LogP contribution in [0, 0.1) is 0 Å². The summed E-state index contributed by atoms with van der Waals surface area (Å²) in [4.78, 5) is 11.0. The van der Waals surface area contributed by atoms with Crippen molar-refractivity contribution < 1.29 is 15.0 Å². The fourth-order valence-corrected chi connectivity index (χ4v) is 1.77. The van der Waals surface area contributed by atoms with E-state index in [-0.39, 0.29) is 5.57 Å². The molecule has 19 heavy (non-hydrogen) atoms. The second-order valence-electron chi connectivity index (χ2n) is 4.89. The molecular formula is C16H28O3. The standard InChI is InChI=1S/C16H28O3/c1-3-5-7-9-10-14(16(18)19)12-13-15(17)11-8-6-4-2/h9-10,12,15,17H,3-8,11,13H2,1-2H3,(H,18,19)/b10-9+,14-12+/t15-/m0/s1. The van der Waals surface area contributed by atoms with Crippen molar-refractivity contribution in [1.29, 1.82) is 0 Å². The third kappa shape index (κ3) is 10.5. The van der Waals surface area contributed by atoms with Crippen LogP contribution in [0.1, 0.15) is 65.2 Å². The van der Waals surface area contributed by atoms with Gasteiger partial charge in [0.2, 0.25) is 0 Å². The fourth-order valence-electron chi connectivity index (χ4n) is 1.77. The van der Waals surface area contributed by atoms with Gasteiger partial charge in [-0.2, -0.15) is 0 Å². The molecule has 0 aromatic rings. The van der Waals surface area contributed by atoms with Crippen LogP contribution in [-0.4, -0.2) is 22.3 Å². The molecule has 0 saturated heterocycles. The highest BCUT2D eigenvalue weighted by Crippen LogP contribution is 2.10. The molecular weight excluding hydrogens is 240 g/mol. The normalized spacial score (nSPS) is 13.9. The summed E-state index contributed by atoms with van der Waals surface area (Å²) in [5.74, 6) is -0.923. The van der Waals surface area contributed by atoms with Gasteiger partial charge in [0.25, 0.3) is 0 Å². The van der Waals surface area contributed by atoms with Gasteiger partial charge in [0.1, 0.15) is 0 Å². The summed E-state index contributed by atoms with van der Waals surface area (Å²) in [5, 5.41) is 18.8. The highest BCUT2D eigenvalue weighted by Gasteiger charge is 2.06. The molecule has 0 aliphatic heterocycles. The zero-order valence-electron chi connectivity index (χ0n) is 12.3. The molecule has 0 bridgehead atoms. The highest BCUT2D eigenvalue weighted by molar-refractivity contribution is 5.89.